The van der Waals surface area contributed by atoms with E-state index in [1.54, 1.807) is 11.9 Å². The van der Waals surface area contributed by atoms with Crippen molar-refractivity contribution in [1.82, 2.24) is 5.32 Å². The first-order valence-corrected chi connectivity index (χ1v) is 8.47. The lowest BCUT2D eigenvalue weighted by Gasteiger charge is -2.25. The smallest absolute Gasteiger partial charge is 0.249 e. The molecule has 2 amide bonds. The predicted octanol–water partition coefficient (Wildman–Crippen LogP) is 2.12. The Hall–Kier alpha value is -2.66. The summed E-state index contributed by atoms with van der Waals surface area (Å²) in [6, 6.07) is 18.5. The van der Waals surface area contributed by atoms with E-state index < -0.39 is 6.04 Å². The first kappa shape index (κ1) is 18.7. The van der Waals surface area contributed by atoms with Gasteiger partial charge in [-0.25, -0.2) is 0 Å². The SMILES string of the molecule is CN(C(=O)[C@H](Cc1ccccc1)NC(=O)CCCN)c1ccccc1. The first-order chi connectivity index (χ1) is 12.1. The van der Waals surface area contributed by atoms with Crippen LogP contribution >= 0.6 is 0 Å². The van der Waals surface area contributed by atoms with Crippen LogP contribution in [0.1, 0.15) is 18.4 Å². The van der Waals surface area contributed by atoms with Gasteiger partial charge >= 0.3 is 0 Å². The quantitative estimate of drug-likeness (QED) is 0.773. The fraction of sp³-hybridized carbons (Fsp3) is 0.300. The van der Waals surface area contributed by atoms with Gasteiger partial charge in [0.15, 0.2) is 0 Å². The van der Waals surface area contributed by atoms with Crippen LogP contribution in [0.25, 0.3) is 0 Å². The minimum absolute atomic E-state index is 0.142. The standard InChI is InChI=1S/C20H25N3O2/c1-23(17-11-6-3-7-12-17)20(25)18(22-19(24)13-8-14-21)15-16-9-4-2-5-10-16/h2-7,9-12,18H,8,13-15,21H2,1H3,(H,22,24)/t18-/m0/s1. The van der Waals surface area contributed by atoms with Crippen molar-refractivity contribution < 1.29 is 9.59 Å². The van der Waals surface area contributed by atoms with Gasteiger partial charge in [-0.15, -0.1) is 0 Å². The number of amides is 2. The van der Waals surface area contributed by atoms with E-state index in [9.17, 15) is 9.59 Å². The van der Waals surface area contributed by atoms with Crippen molar-refractivity contribution in [2.75, 3.05) is 18.5 Å². The van der Waals surface area contributed by atoms with Gasteiger partial charge in [0.05, 0.1) is 0 Å². The normalized spacial score (nSPS) is 11.6. The van der Waals surface area contributed by atoms with Crippen LogP contribution in [0.4, 0.5) is 5.69 Å². The minimum atomic E-state index is -0.613. The second-order valence-corrected chi connectivity index (χ2v) is 5.93. The molecule has 0 aliphatic carbocycles. The molecule has 3 N–H and O–H groups in total. The lowest BCUT2D eigenvalue weighted by Crippen LogP contribution is -2.48. The van der Waals surface area contributed by atoms with E-state index in [0.29, 0.717) is 25.8 Å². The number of nitrogens with zero attached hydrogens (tertiary/aromatic N) is 1. The average Bonchev–Trinajstić information content (AvgIpc) is 2.66. The first-order valence-electron chi connectivity index (χ1n) is 8.47. The molecule has 0 aliphatic heterocycles. The lowest BCUT2D eigenvalue weighted by atomic mass is 10.0. The van der Waals surface area contributed by atoms with Gasteiger partial charge in [-0.05, 0) is 30.7 Å². The Kier molecular flexibility index (Phi) is 7.16. The molecule has 0 bridgehead atoms. The van der Waals surface area contributed by atoms with Gasteiger partial charge < -0.3 is 16.0 Å². The van der Waals surface area contributed by atoms with E-state index in [2.05, 4.69) is 5.32 Å². The van der Waals surface area contributed by atoms with Crippen LogP contribution in [-0.2, 0) is 16.0 Å². The Balaban J connectivity index is 2.14. The Morgan fingerprint density at radius 1 is 1.04 bits per heavy atom. The predicted molar refractivity (Wildman–Crippen MR) is 100 cm³/mol. The summed E-state index contributed by atoms with van der Waals surface area (Å²) >= 11 is 0. The van der Waals surface area contributed by atoms with Crippen LogP contribution in [0.3, 0.4) is 0 Å². The van der Waals surface area contributed by atoms with Gasteiger partial charge in [0, 0.05) is 25.6 Å². The van der Waals surface area contributed by atoms with E-state index >= 15 is 0 Å². The molecule has 1 atom stereocenters. The Bertz CT molecular complexity index is 674. The third kappa shape index (κ3) is 5.72. The summed E-state index contributed by atoms with van der Waals surface area (Å²) in [6.07, 6.45) is 1.38. The van der Waals surface area contributed by atoms with Gasteiger partial charge in [0.2, 0.25) is 11.8 Å². The van der Waals surface area contributed by atoms with Crippen LogP contribution in [0.15, 0.2) is 60.7 Å². The topological polar surface area (TPSA) is 75.4 Å². The van der Waals surface area contributed by atoms with Crippen molar-refractivity contribution in [1.29, 1.82) is 0 Å². The summed E-state index contributed by atoms with van der Waals surface area (Å²) in [5.74, 6) is -0.294. The molecule has 0 radical (unpaired) electrons. The molecule has 0 aliphatic rings. The van der Waals surface area contributed by atoms with Crippen LogP contribution in [0, 0.1) is 0 Å². The minimum Gasteiger partial charge on any atom is -0.344 e. The summed E-state index contributed by atoms with van der Waals surface area (Å²) in [5, 5.41) is 2.87. The molecule has 0 unspecified atom stereocenters. The van der Waals surface area contributed by atoms with Crippen molar-refractivity contribution in [3.8, 4) is 0 Å². The maximum Gasteiger partial charge on any atom is 0.249 e. The zero-order chi connectivity index (χ0) is 18.1. The van der Waals surface area contributed by atoms with Gasteiger partial charge in [-0.3, -0.25) is 9.59 Å². The number of anilines is 1. The third-order valence-corrected chi connectivity index (χ3v) is 4.00. The number of carbonyl (C=O) groups excluding carboxylic acids is 2. The van der Waals surface area contributed by atoms with Crippen molar-refractivity contribution in [2.45, 2.75) is 25.3 Å². The van der Waals surface area contributed by atoms with E-state index in [0.717, 1.165) is 11.3 Å². The van der Waals surface area contributed by atoms with Gasteiger partial charge in [0.25, 0.3) is 0 Å². The fourth-order valence-corrected chi connectivity index (χ4v) is 2.59. The molecule has 0 heterocycles. The summed E-state index contributed by atoms with van der Waals surface area (Å²) < 4.78 is 0. The van der Waals surface area contributed by atoms with Crippen LogP contribution in [0.5, 0.6) is 0 Å². The molecular weight excluding hydrogens is 314 g/mol. The van der Waals surface area contributed by atoms with Gasteiger partial charge in [0.1, 0.15) is 6.04 Å². The van der Waals surface area contributed by atoms with Gasteiger partial charge in [-0.2, -0.15) is 0 Å². The van der Waals surface area contributed by atoms with Gasteiger partial charge in [-0.1, -0.05) is 48.5 Å². The zero-order valence-corrected chi connectivity index (χ0v) is 14.5. The molecule has 0 spiro atoms. The largest absolute Gasteiger partial charge is 0.344 e. The van der Waals surface area contributed by atoms with E-state index in [4.69, 9.17) is 5.73 Å². The Morgan fingerprint density at radius 3 is 2.24 bits per heavy atom. The third-order valence-electron chi connectivity index (χ3n) is 4.00. The monoisotopic (exact) mass is 339 g/mol. The maximum absolute atomic E-state index is 12.9. The molecule has 5 nitrogen and oxygen atoms in total. The second-order valence-electron chi connectivity index (χ2n) is 5.93. The number of rotatable bonds is 8. The number of carbonyl (C=O) groups is 2. The summed E-state index contributed by atoms with van der Waals surface area (Å²) in [6.45, 7) is 0.453. The second kappa shape index (κ2) is 9.59. The number of benzene rings is 2. The maximum atomic E-state index is 12.9. The Morgan fingerprint density at radius 2 is 1.64 bits per heavy atom. The highest BCUT2D eigenvalue weighted by atomic mass is 16.2. The van der Waals surface area contributed by atoms with E-state index in [1.807, 2.05) is 60.7 Å². The van der Waals surface area contributed by atoms with Crippen molar-refractivity contribution in [2.24, 2.45) is 5.73 Å². The molecule has 0 fully saturated rings. The van der Waals surface area contributed by atoms with E-state index in [-0.39, 0.29) is 11.8 Å². The molecule has 5 heteroatoms. The number of para-hydroxylation sites is 1. The van der Waals surface area contributed by atoms with Crippen LogP contribution in [0.2, 0.25) is 0 Å². The number of nitrogens with one attached hydrogen (secondary N) is 1. The van der Waals surface area contributed by atoms with Crippen molar-refractivity contribution >= 4 is 17.5 Å². The zero-order valence-electron chi connectivity index (χ0n) is 14.5. The Labute approximate surface area is 148 Å². The highest BCUT2D eigenvalue weighted by molar-refractivity contribution is 5.98. The average molecular weight is 339 g/mol. The van der Waals surface area contributed by atoms with Crippen molar-refractivity contribution in [3.63, 3.8) is 0 Å². The highest BCUT2D eigenvalue weighted by Gasteiger charge is 2.25. The number of hydrogen-bond donors (Lipinski definition) is 2. The molecule has 25 heavy (non-hydrogen) atoms. The molecule has 2 aromatic carbocycles. The molecule has 0 aromatic heterocycles. The molecule has 0 saturated carbocycles. The van der Waals surface area contributed by atoms with Crippen LogP contribution < -0.4 is 16.0 Å². The molecule has 0 saturated heterocycles. The van der Waals surface area contributed by atoms with E-state index in [1.165, 1.54) is 0 Å². The van der Waals surface area contributed by atoms with Crippen LogP contribution in [-0.4, -0.2) is 31.4 Å². The summed E-state index contributed by atoms with van der Waals surface area (Å²) in [5.41, 5.74) is 7.25. The highest BCUT2D eigenvalue weighted by Crippen LogP contribution is 2.14. The number of likely N-dealkylation sites (N-methyl/N-ethyl adjacent to an activating group) is 1. The molecule has 132 valence electrons. The molecule has 2 rings (SSSR count). The summed E-state index contributed by atoms with van der Waals surface area (Å²) in [4.78, 5) is 26.7. The summed E-state index contributed by atoms with van der Waals surface area (Å²) in [7, 11) is 1.72. The molecule has 2 aromatic rings. The fourth-order valence-electron chi connectivity index (χ4n) is 2.59. The lowest BCUT2D eigenvalue weighted by molar-refractivity contribution is -0.127. The number of hydrogen-bond acceptors (Lipinski definition) is 3. The number of nitrogens with two attached hydrogens (primary N) is 1. The van der Waals surface area contributed by atoms with Crippen molar-refractivity contribution in [3.05, 3.63) is 66.2 Å². The molecular formula is C20H25N3O2.